The average molecular weight is 409 g/mol. The van der Waals surface area contributed by atoms with E-state index in [1.165, 1.54) is 0 Å². The summed E-state index contributed by atoms with van der Waals surface area (Å²) in [6.45, 7) is 3.40. The number of benzene rings is 1. The third-order valence-corrected chi connectivity index (χ3v) is 4.92. The molecule has 2 aromatic rings. The van der Waals surface area contributed by atoms with Crippen LogP contribution in [0, 0.1) is 0 Å². The number of rotatable bonds is 5. The quantitative estimate of drug-likeness (QED) is 0.578. The molecule has 0 fully saturated rings. The smallest absolute Gasteiger partial charge is 0.338 e. The molecule has 0 bridgehead atoms. The van der Waals surface area contributed by atoms with Crippen LogP contribution in [0.25, 0.3) is 0 Å². The van der Waals surface area contributed by atoms with Crippen molar-refractivity contribution in [1.82, 2.24) is 15.5 Å². The van der Waals surface area contributed by atoms with Gasteiger partial charge in [0, 0.05) is 5.70 Å². The zero-order valence-corrected chi connectivity index (χ0v) is 16.4. The van der Waals surface area contributed by atoms with Crippen LogP contribution in [0.5, 0.6) is 0 Å². The van der Waals surface area contributed by atoms with Crippen molar-refractivity contribution in [3.05, 3.63) is 70.3 Å². The second-order valence-electron chi connectivity index (χ2n) is 6.84. The Morgan fingerprint density at radius 2 is 1.77 bits per heavy atom. The number of hydrogen-bond donors (Lipinski definition) is 2. The number of furan rings is 1. The van der Waals surface area contributed by atoms with Crippen molar-refractivity contribution in [3.8, 4) is 0 Å². The predicted octanol–water partition coefficient (Wildman–Crippen LogP) is 2.27. The zero-order valence-electron chi connectivity index (χ0n) is 16.4. The van der Waals surface area contributed by atoms with E-state index in [0.29, 0.717) is 28.3 Å². The molecule has 2 aliphatic rings. The van der Waals surface area contributed by atoms with E-state index >= 15 is 0 Å². The Labute approximate surface area is 171 Å². The Morgan fingerprint density at radius 3 is 2.40 bits per heavy atom. The Morgan fingerprint density at radius 1 is 1.10 bits per heavy atom. The average Bonchev–Trinajstić information content (AvgIpc) is 3.27. The third-order valence-electron chi connectivity index (χ3n) is 4.92. The highest BCUT2D eigenvalue weighted by Gasteiger charge is 2.37. The van der Waals surface area contributed by atoms with Gasteiger partial charge < -0.3 is 19.8 Å². The van der Waals surface area contributed by atoms with Gasteiger partial charge in [0.05, 0.1) is 29.9 Å². The van der Waals surface area contributed by atoms with Crippen LogP contribution in [0.1, 0.15) is 52.1 Å². The minimum atomic E-state index is -0.853. The first-order valence-corrected chi connectivity index (χ1v) is 9.40. The lowest BCUT2D eigenvalue weighted by Gasteiger charge is -2.26. The van der Waals surface area contributed by atoms with Crippen LogP contribution in [-0.2, 0) is 16.1 Å². The summed E-state index contributed by atoms with van der Waals surface area (Å²) < 4.78 is 10.9. The van der Waals surface area contributed by atoms with Gasteiger partial charge in [0.1, 0.15) is 17.6 Å². The first kappa shape index (κ1) is 19.4. The number of esters is 1. The Balaban J connectivity index is 1.59. The first-order valence-electron chi connectivity index (χ1n) is 9.40. The number of nitrogens with one attached hydrogen (secondary N) is 2. The lowest BCUT2D eigenvalue weighted by Crippen LogP contribution is -2.45. The molecule has 9 heteroatoms. The van der Waals surface area contributed by atoms with Gasteiger partial charge >= 0.3 is 12.0 Å². The Kier molecular flexibility index (Phi) is 4.86. The van der Waals surface area contributed by atoms with Crippen LogP contribution in [0.2, 0.25) is 0 Å². The van der Waals surface area contributed by atoms with Gasteiger partial charge in [0.2, 0.25) is 0 Å². The monoisotopic (exact) mass is 409 g/mol. The fourth-order valence-electron chi connectivity index (χ4n) is 3.56. The molecule has 30 heavy (non-hydrogen) atoms. The SMILES string of the molecule is CCOC(=O)C1=C(C)NC(=O)N[C@H]1c1ccc(CN2C(=O)c3ccccc3C2=O)o1. The minimum absolute atomic E-state index is 0.0668. The van der Waals surface area contributed by atoms with Crippen LogP contribution >= 0.6 is 0 Å². The number of carbonyl (C=O) groups excluding carboxylic acids is 4. The summed E-state index contributed by atoms with van der Waals surface area (Å²) in [5.41, 5.74) is 1.28. The fourth-order valence-corrected chi connectivity index (χ4v) is 3.56. The molecule has 0 radical (unpaired) electrons. The minimum Gasteiger partial charge on any atom is -0.463 e. The van der Waals surface area contributed by atoms with E-state index in [4.69, 9.17) is 9.15 Å². The number of allylic oxidation sites excluding steroid dienone is 1. The van der Waals surface area contributed by atoms with Crippen molar-refractivity contribution >= 4 is 23.8 Å². The number of nitrogens with zero attached hydrogens (tertiary/aromatic N) is 1. The number of carbonyl (C=O) groups is 4. The van der Waals surface area contributed by atoms with Crippen LogP contribution in [0.15, 0.2) is 52.1 Å². The van der Waals surface area contributed by atoms with Gasteiger partial charge in [-0.1, -0.05) is 12.1 Å². The molecule has 9 nitrogen and oxygen atoms in total. The maximum atomic E-state index is 12.5. The molecule has 2 N–H and O–H groups in total. The Bertz CT molecular complexity index is 1060. The summed E-state index contributed by atoms with van der Waals surface area (Å²) in [4.78, 5) is 50.5. The molecule has 1 aromatic heterocycles. The molecule has 1 aromatic carbocycles. The van der Waals surface area contributed by atoms with Gasteiger partial charge in [-0.25, -0.2) is 9.59 Å². The molecule has 3 heterocycles. The van der Waals surface area contributed by atoms with E-state index in [2.05, 4.69) is 10.6 Å². The van der Waals surface area contributed by atoms with E-state index in [9.17, 15) is 19.2 Å². The van der Waals surface area contributed by atoms with Crippen LogP contribution < -0.4 is 10.6 Å². The summed E-state index contributed by atoms with van der Waals surface area (Å²) in [6, 6.07) is 8.46. The second-order valence-corrected chi connectivity index (χ2v) is 6.84. The van der Waals surface area contributed by atoms with Gasteiger partial charge in [-0.15, -0.1) is 0 Å². The van der Waals surface area contributed by atoms with Crippen molar-refractivity contribution in [3.63, 3.8) is 0 Å². The summed E-state index contributed by atoms with van der Waals surface area (Å²) in [7, 11) is 0. The second kappa shape index (κ2) is 7.51. The number of amides is 4. The number of ether oxygens (including phenoxy) is 1. The molecular formula is C21H19N3O6. The number of imide groups is 1. The molecule has 4 amide bonds. The van der Waals surface area contributed by atoms with Crippen LogP contribution in [0.3, 0.4) is 0 Å². The van der Waals surface area contributed by atoms with Gasteiger partial charge in [-0.2, -0.15) is 0 Å². The van der Waals surface area contributed by atoms with E-state index in [1.54, 1.807) is 50.2 Å². The molecule has 0 saturated carbocycles. The van der Waals surface area contributed by atoms with E-state index in [0.717, 1.165) is 4.90 Å². The van der Waals surface area contributed by atoms with E-state index in [1.807, 2.05) is 0 Å². The normalized spacial score (nSPS) is 18.3. The summed E-state index contributed by atoms with van der Waals surface area (Å²) in [5, 5.41) is 5.19. The highest BCUT2D eigenvalue weighted by atomic mass is 16.5. The first-order chi connectivity index (χ1) is 14.4. The predicted molar refractivity (Wildman–Crippen MR) is 103 cm³/mol. The van der Waals surface area contributed by atoms with Gasteiger partial charge in [-0.3, -0.25) is 14.5 Å². The zero-order chi connectivity index (χ0) is 21.4. The largest absolute Gasteiger partial charge is 0.463 e. The maximum Gasteiger partial charge on any atom is 0.338 e. The van der Waals surface area contributed by atoms with Gasteiger partial charge in [0.25, 0.3) is 11.8 Å². The summed E-state index contributed by atoms with van der Waals surface area (Å²) >= 11 is 0. The van der Waals surface area contributed by atoms with Gasteiger partial charge in [0.15, 0.2) is 0 Å². The molecule has 0 spiro atoms. The number of fused-ring (bicyclic) bond motifs is 1. The maximum absolute atomic E-state index is 12.5. The topological polar surface area (TPSA) is 118 Å². The standard InChI is InChI=1S/C21H19N3O6/c1-3-29-20(27)16-11(2)22-21(28)23-17(16)15-9-8-12(30-15)10-24-18(25)13-6-4-5-7-14(13)19(24)26/h4-9,17H,3,10H2,1-2H3,(H2,22,23,28)/t17-/m0/s1. The van der Waals surface area contributed by atoms with Crippen molar-refractivity contribution < 1.29 is 28.3 Å². The van der Waals surface area contributed by atoms with Crippen molar-refractivity contribution in [2.75, 3.05) is 6.61 Å². The molecule has 0 aliphatic carbocycles. The summed E-state index contributed by atoms with van der Waals surface area (Å²) in [6.07, 6.45) is 0. The van der Waals surface area contributed by atoms with Gasteiger partial charge in [-0.05, 0) is 38.1 Å². The molecule has 4 rings (SSSR count). The number of urea groups is 1. The van der Waals surface area contributed by atoms with E-state index in [-0.39, 0.29) is 18.7 Å². The van der Waals surface area contributed by atoms with Crippen molar-refractivity contribution in [2.24, 2.45) is 0 Å². The fraction of sp³-hybridized carbons (Fsp3) is 0.238. The molecule has 154 valence electrons. The molecule has 0 saturated heterocycles. The lowest BCUT2D eigenvalue weighted by molar-refractivity contribution is -0.139. The number of hydrogen-bond acceptors (Lipinski definition) is 6. The van der Waals surface area contributed by atoms with Crippen molar-refractivity contribution in [1.29, 1.82) is 0 Å². The third kappa shape index (κ3) is 3.24. The van der Waals surface area contributed by atoms with Crippen molar-refractivity contribution in [2.45, 2.75) is 26.4 Å². The summed E-state index contributed by atoms with van der Waals surface area (Å²) in [5.74, 6) is -0.740. The highest BCUT2D eigenvalue weighted by Crippen LogP contribution is 2.30. The highest BCUT2D eigenvalue weighted by molar-refractivity contribution is 6.21. The van der Waals surface area contributed by atoms with Crippen LogP contribution in [0.4, 0.5) is 4.79 Å². The molecule has 0 unspecified atom stereocenters. The molecular weight excluding hydrogens is 390 g/mol. The van der Waals surface area contributed by atoms with Crippen LogP contribution in [-0.4, -0.2) is 35.3 Å². The Hall–Kier alpha value is -3.88. The van der Waals surface area contributed by atoms with E-state index < -0.39 is 29.9 Å². The molecule has 2 aliphatic heterocycles. The molecule has 1 atom stereocenters. The lowest BCUT2D eigenvalue weighted by atomic mass is 10.0.